The second-order valence-electron chi connectivity index (χ2n) is 19.2. The average molecular weight is 997 g/mol. The summed E-state index contributed by atoms with van der Waals surface area (Å²) in [5.74, 6) is 3.10. The molecule has 0 amide bonds. The van der Waals surface area contributed by atoms with Crippen LogP contribution in [-0.4, -0.2) is 12.2 Å². The van der Waals surface area contributed by atoms with Crippen LogP contribution >= 0.6 is 0 Å². The molecule has 372 valence electrons. The number of rotatable bonds is 16. The Labute approximate surface area is 444 Å². The molecule has 4 unspecified atom stereocenters. The van der Waals surface area contributed by atoms with Crippen molar-refractivity contribution in [3.63, 3.8) is 0 Å². The summed E-state index contributed by atoms with van der Waals surface area (Å²) in [4.78, 5) is 0. The molecule has 0 saturated heterocycles. The summed E-state index contributed by atoms with van der Waals surface area (Å²) in [7, 11) is 0. The van der Waals surface area contributed by atoms with Gasteiger partial charge in [0.15, 0.2) is 0 Å². The van der Waals surface area contributed by atoms with Crippen molar-refractivity contribution in [2.45, 2.75) is 91.8 Å². The van der Waals surface area contributed by atoms with E-state index in [1.165, 1.54) is 0 Å². The first-order valence-corrected chi connectivity index (χ1v) is 24.7. The third-order valence-corrected chi connectivity index (χ3v) is 13.4. The van der Waals surface area contributed by atoms with Gasteiger partial charge in [0.05, 0.1) is 50.8 Å². The maximum atomic E-state index is 9.93. The SMILES string of the molecule is C=C(C)/C=C\C(Oc1ccc(C#N)c(C#N)c1)=C(/C)CC1CC(Cc2cc(C)c(Oc3ccc(C#N)c(C#N)c3)c(Cc3cc(C)ccc3OC3C=C(C#N)C(C#N)=CC3)c2)C=C(C)C1OC1=CC(C#N)=C(C#N)CC1. The molecular weight excluding hydrogens is 945 g/mol. The number of ether oxygens (including phenoxy) is 4. The van der Waals surface area contributed by atoms with Gasteiger partial charge in [-0.25, -0.2) is 0 Å². The molecule has 12 nitrogen and oxygen atoms in total. The summed E-state index contributed by atoms with van der Waals surface area (Å²) in [5, 5.41) is 77.9. The summed E-state index contributed by atoms with van der Waals surface area (Å²) in [6, 6.07) is 36.6. The molecule has 4 aromatic rings. The fourth-order valence-electron chi connectivity index (χ4n) is 9.82. The standard InChI is InChI=1S/C64H52N8O4/c1-39(2)7-17-61(73-57-13-9-46(31-65)53(27-57)35-69)41(4)22-51-24-44(20-42(5)63(51)75-59-15-11-48(33-67)55(29-59)37-71)23-45-21-43(6)64(76-60-16-12-49(34-68)56(30-60)38-72)52(25-45)26-50-19-40(3)8-18-62(50)74-58-14-10-47(32-66)54(28-58)36-70/h7-10,12-13,16-21,25,27-30,44,51,58,63H,1,11,14-15,22-24,26H2,2-6H3/b17-7-,61-41-. The minimum absolute atomic E-state index is 0.0251. The van der Waals surface area contributed by atoms with Crippen molar-refractivity contribution in [2.24, 2.45) is 11.8 Å². The second-order valence-corrected chi connectivity index (χ2v) is 19.2. The molecule has 0 aromatic heterocycles. The van der Waals surface area contributed by atoms with Crippen molar-refractivity contribution in [1.29, 1.82) is 42.1 Å². The second kappa shape index (κ2) is 24.6. The molecule has 0 radical (unpaired) electrons. The van der Waals surface area contributed by atoms with E-state index in [0.29, 0.717) is 96.2 Å². The lowest BCUT2D eigenvalue weighted by Crippen LogP contribution is -2.32. The molecule has 3 aliphatic rings. The van der Waals surface area contributed by atoms with Crippen molar-refractivity contribution in [2.75, 3.05) is 0 Å². The summed E-state index contributed by atoms with van der Waals surface area (Å²) >= 11 is 0. The number of nitriles is 8. The smallest absolute Gasteiger partial charge is 0.133 e. The minimum Gasteiger partial charge on any atom is -0.490 e. The Kier molecular flexibility index (Phi) is 17.4. The first-order valence-electron chi connectivity index (χ1n) is 24.7. The first kappa shape index (κ1) is 53.7. The van der Waals surface area contributed by atoms with Gasteiger partial charge in [-0.05, 0) is 160 Å². The Morgan fingerprint density at radius 1 is 0.684 bits per heavy atom. The fraction of sp³-hybridized carbons (Fsp3) is 0.250. The van der Waals surface area contributed by atoms with Crippen LogP contribution in [0.4, 0.5) is 0 Å². The van der Waals surface area contributed by atoms with Gasteiger partial charge in [-0.3, -0.25) is 0 Å². The normalized spacial score (nSPS) is 18.1. The average Bonchev–Trinajstić information content (AvgIpc) is 3.42. The predicted octanol–water partition coefficient (Wildman–Crippen LogP) is 13.6. The largest absolute Gasteiger partial charge is 0.490 e. The van der Waals surface area contributed by atoms with Gasteiger partial charge in [0.25, 0.3) is 0 Å². The van der Waals surface area contributed by atoms with Gasteiger partial charge < -0.3 is 18.9 Å². The molecule has 76 heavy (non-hydrogen) atoms. The molecular formula is C64H52N8O4. The van der Waals surface area contributed by atoms with E-state index in [1.807, 2.05) is 52.0 Å². The van der Waals surface area contributed by atoms with E-state index in [9.17, 15) is 42.1 Å². The molecule has 7 rings (SSSR count). The van der Waals surface area contributed by atoms with Crippen molar-refractivity contribution in [3.8, 4) is 71.6 Å². The van der Waals surface area contributed by atoms with Gasteiger partial charge in [-0.15, -0.1) is 0 Å². The maximum Gasteiger partial charge on any atom is 0.133 e. The van der Waals surface area contributed by atoms with E-state index in [2.05, 4.69) is 86.3 Å². The molecule has 0 N–H and O–H groups in total. The van der Waals surface area contributed by atoms with Gasteiger partial charge in [0.1, 0.15) is 83.4 Å². The van der Waals surface area contributed by atoms with E-state index < -0.39 is 12.2 Å². The lowest BCUT2D eigenvalue weighted by Gasteiger charge is -2.37. The van der Waals surface area contributed by atoms with Crippen LogP contribution in [0.3, 0.4) is 0 Å². The number of aryl methyl sites for hydroxylation is 2. The summed E-state index contributed by atoms with van der Waals surface area (Å²) < 4.78 is 26.6. The summed E-state index contributed by atoms with van der Waals surface area (Å²) in [6.45, 7) is 14.0. The van der Waals surface area contributed by atoms with Crippen LogP contribution in [0.5, 0.6) is 23.0 Å². The molecule has 0 fully saturated rings. The molecule has 0 spiro atoms. The zero-order valence-electron chi connectivity index (χ0n) is 43.0. The van der Waals surface area contributed by atoms with Crippen LogP contribution in [-0.2, 0) is 17.6 Å². The van der Waals surface area contributed by atoms with E-state index in [0.717, 1.165) is 44.5 Å². The highest BCUT2D eigenvalue weighted by Crippen LogP contribution is 2.42. The lowest BCUT2D eigenvalue weighted by molar-refractivity contribution is 0.0682. The van der Waals surface area contributed by atoms with E-state index in [1.54, 1.807) is 54.6 Å². The van der Waals surface area contributed by atoms with Crippen LogP contribution < -0.4 is 14.2 Å². The maximum absolute atomic E-state index is 9.93. The van der Waals surface area contributed by atoms with E-state index in [4.69, 9.17) is 18.9 Å². The number of hydrogen-bond acceptors (Lipinski definition) is 12. The number of nitrogens with zero attached hydrogens (tertiary/aromatic N) is 8. The third kappa shape index (κ3) is 12.9. The molecule has 0 aliphatic heterocycles. The van der Waals surface area contributed by atoms with Gasteiger partial charge >= 0.3 is 0 Å². The molecule has 0 bridgehead atoms. The van der Waals surface area contributed by atoms with Crippen LogP contribution in [0.2, 0.25) is 0 Å². The van der Waals surface area contributed by atoms with Crippen molar-refractivity contribution in [1.82, 2.24) is 0 Å². The van der Waals surface area contributed by atoms with Crippen molar-refractivity contribution >= 4 is 0 Å². The monoisotopic (exact) mass is 996 g/mol. The Hall–Kier alpha value is -10.1. The third-order valence-electron chi connectivity index (χ3n) is 13.4. The molecule has 12 heteroatoms. The predicted molar refractivity (Wildman–Crippen MR) is 285 cm³/mol. The van der Waals surface area contributed by atoms with Crippen LogP contribution in [0, 0.1) is 116 Å². The quantitative estimate of drug-likeness (QED) is 0.0580. The highest BCUT2D eigenvalue weighted by atomic mass is 16.5. The molecule has 4 atom stereocenters. The lowest BCUT2D eigenvalue weighted by atomic mass is 9.75. The number of benzene rings is 4. The van der Waals surface area contributed by atoms with Crippen molar-refractivity contribution < 1.29 is 18.9 Å². The van der Waals surface area contributed by atoms with Gasteiger partial charge in [0.2, 0.25) is 0 Å². The Morgan fingerprint density at radius 2 is 1.38 bits per heavy atom. The molecule has 4 aromatic carbocycles. The van der Waals surface area contributed by atoms with Gasteiger partial charge in [0, 0.05) is 30.8 Å². The van der Waals surface area contributed by atoms with Crippen LogP contribution in [0.25, 0.3) is 0 Å². The fourth-order valence-corrected chi connectivity index (χ4v) is 9.82. The van der Waals surface area contributed by atoms with Gasteiger partial charge in [-0.1, -0.05) is 60.2 Å². The number of allylic oxidation sites excluding steroid dienone is 11. The number of hydrogen-bond donors (Lipinski definition) is 0. The zero-order valence-corrected chi connectivity index (χ0v) is 43.0. The molecule has 3 aliphatic carbocycles. The highest BCUT2D eigenvalue weighted by molar-refractivity contribution is 5.56. The van der Waals surface area contributed by atoms with Crippen LogP contribution in [0.1, 0.15) is 103 Å². The zero-order chi connectivity index (χ0) is 54.5. The minimum atomic E-state index is -0.480. The summed E-state index contributed by atoms with van der Waals surface area (Å²) in [6.07, 6.45) is 13.7. The molecule has 0 saturated carbocycles. The van der Waals surface area contributed by atoms with E-state index >= 15 is 0 Å². The summed E-state index contributed by atoms with van der Waals surface area (Å²) in [5.41, 5.74) is 9.51. The van der Waals surface area contributed by atoms with Gasteiger partial charge in [-0.2, -0.15) is 42.1 Å². The molecule has 0 heterocycles. The first-order chi connectivity index (χ1) is 36.7. The highest BCUT2D eigenvalue weighted by Gasteiger charge is 2.34. The Balaban J connectivity index is 1.28. The van der Waals surface area contributed by atoms with Crippen molar-refractivity contribution in [3.05, 3.63) is 210 Å². The Morgan fingerprint density at radius 3 is 2.04 bits per heavy atom. The van der Waals surface area contributed by atoms with E-state index in [-0.39, 0.29) is 39.7 Å². The topological polar surface area (TPSA) is 227 Å². The van der Waals surface area contributed by atoms with Crippen LogP contribution in [0.15, 0.2) is 160 Å². The Bertz CT molecular complexity index is 3620.